The van der Waals surface area contributed by atoms with Crippen LogP contribution in [0.25, 0.3) is 0 Å². The summed E-state index contributed by atoms with van der Waals surface area (Å²) in [6, 6.07) is 8.28. The summed E-state index contributed by atoms with van der Waals surface area (Å²) in [7, 11) is 0. The molecule has 5 rings (SSSR count). The summed E-state index contributed by atoms with van der Waals surface area (Å²) in [5, 5.41) is 4.90. The summed E-state index contributed by atoms with van der Waals surface area (Å²) in [5.74, 6) is -2.63. The minimum atomic E-state index is -0.687. The number of halogens is 2. The number of hydrogen-bond donors (Lipinski definition) is 2. The summed E-state index contributed by atoms with van der Waals surface area (Å²) in [6.45, 7) is 0.400. The Morgan fingerprint density at radius 1 is 1.11 bits per heavy atom. The Bertz CT molecular complexity index is 1210. The SMILES string of the molecule is O=C1CCC(N2Cc3ccc(CNC(=O)OC4CC(c5c(F)cccc5F)C4)cc3C2=O)C(=O)N1. The number of alkyl carbamates (subject to hydrolysis) is 1. The normalized spacial score (nSPS) is 23.4. The lowest BCUT2D eigenvalue weighted by Crippen LogP contribution is -2.52. The van der Waals surface area contributed by atoms with E-state index in [0.29, 0.717) is 24.0 Å². The molecule has 0 bridgehead atoms. The van der Waals surface area contributed by atoms with Gasteiger partial charge in [-0.15, -0.1) is 0 Å². The van der Waals surface area contributed by atoms with Crippen molar-refractivity contribution in [2.24, 2.45) is 0 Å². The zero-order chi connectivity index (χ0) is 24.7. The van der Waals surface area contributed by atoms with Crippen LogP contribution < -0.4 is 10.6 Å². The molecule has 2 aromatic rings. The number of fused-ring (bicyclic) bond motifs is 1. The van der Waals surface area contributed by atoms with Gasteiger partial charge < -0.3 is 15.0 Å². The van der Waals surface area contributed by atoms with Crippen molar-refractivity contribution in [3.63, 3.8) is 0 Å². The fraction of sp³-hybridized carbons (Fsp3) is 0.360. The summed E-state index contributed by atoms with van der Waals surface area (Å²) < 4.78 is 33.1. The van der Waals surface area contributed by atoms with Gasteiger partial charge in [0.25, 0.3) is 5.91 Å². The van der Waals surface area contributed by atoms with Gasteiger partial charge in [0, 0.05) is 30.6 Å². The second-order valence-corrected chi connectivity index (χ2v) is 9.08. The number of ether oxygens (including phenoxy) is 1. The van der Waals surface area contributed by atoms with E-state index in [0.717, 1.165) is 5.56 Å². The lowest BCUT2D eigenvalue weighted by Gasteiger charge is -2.35. The summed E-state index contributed by atoms with van der Waals surface area (Å²) in [6.07, 6.45) is 0.0760. The highest BCUT2D eigenvalue weighted by molar-refractivity contribution is 6.05. The summed E-state index contributed by atoms with van der Waals surface area (Å²) >= 11 is 0. The molecule has 1 saturated carbocycles. The first-order valence-corrected chi connectivity index (χ1v) is 11.4. The fourth-order valence-corrected chi connectivity index (χ4v) is 4.88. The molecule has 1 atom stereocenters. The molecule has 1 saturated heterocycles. The highest BCUT2D eigenvalue weighted by atomic mass is 19.1. The molecule has 0 radical (unpaired) electrons. The maximum Gasteiger partial charge on any atom is 0.407 e. The number of carbonyl (C=O) groups is 4. The van der Waals surface area contributed by atoms with Crippen molar-refractivity contribution in [2.75, 3.05) is 0 Å². The predicted molar refractivity (Wildman–Crippen MR) is 118 cm³/mol. The van der Waals surface area contributed by atoms with Crippen LogP contribution in [0, 0.1) is 11.6 Å². The zero-order valence-corrected chi connectivity index (χ0v) is 18.7. The van der Waals surface area contributed by atoms with E-state index in [-0.39, 0.29) is 49.2 Å². The standard InChI is InChI=1S/C25H23F2N3O5/c26-18-2-1-3-19(27)22(18)15-9-16(10-15)35-25(34)28-11-13-4-5-14-12-30(24(33)17(14)8-13)20-6-7-21(31)29-23(20)32/h1-5,8,15-16,20H,6-7,9-12H2,(H,28,34)(H,29,31,32). The van der Waals surface area contributed by atoms with E-state index >= 15 is 0 Å². The van der Waals surface area contributed by atoms with Crippen molar-refractivity contribution in [1.82, 2.24) is 15.5 Å². The number of piperidine rings is 1. The highest BCUT2D eigenvalue weighted by Crippen LogP contribution is 2.41. The van der Waals surface area contributed by atoms with Gasteiger partial charge in [-0.1, -0.05) is 18.2 Å². The molecule has 0 aromatic heterocycles. The van der Waals surface area contributed by atoms with E-state index in [9.17, 15) is 28.0 Å². The average Bonchev–Trinajstić information content (AvgIpc) is 3.11. The third-order valence-corrected chi connectivity index (χ3v) is 6.81. The molecule has 10 heteroatoms. The van der Waals surface area contributed by atoms with Gasteiger partial charge in [-0.05, 0) is 54.5 Å². The molecule has 3 aliphatic rings. The van der Waals surface area contributed by atoms with Crippen LogP contribution in [0.1, 0.15) is 58.6 Å². The van der Waals surface area contributed by atoms with Crippen molar-refractivity contribution >= 4 is 23.8 Å². The molecule has 1 unspecified atom stereocenters. The number of amides is 4. The smallest absolute Gasteiger partial charge is 0.407 e. The molecule has 2 aromatic carbocycles. The third-order valence-electron chi connectivity index (χ3n) is 6.81. The molecule has 2 fully saturated rings. The van der Waals surface area contributed by atoms with Crippen LogP contribution >= 0.6 is 0 Å². The number of nitrogens with zero attached hydrogens (tertiary/aromatic N) is 1. The molecule has 2 heterocycles. The van der Waals surface area contributed by atoms with Gasteiger partial charge in [0.1, 0.15) is 23.8 Å². The van der Waals surface area contributed by atoms with Crippen LogP contribution in [0.2, 0.25) is 0 Å². The van der Waals surface area contributed by atoms with Crippen molar-refractivity contribution in [3.05, 3.63) is 70.3 Å². The Balaban J connectivity index is 1.13. The van der Waals surface area contributed by atoms with Crippen molar-refractivity contribution in [1.29, 1.82) is 0 Å². The maximum atomic E-state index is 13.9. The molecule has 8 nitrogen and oxygen atoms in total. The minimum Gasteiger partial charge on any atom is -0.446 e. The van der Waals surface area contributed by atoms with E-state index in [1.807, 2.05) is 0 Å². The minimum absolute atomic E-state index is 0.0296. The topological polar surface area (TPSA) is 105 Å². The van der Waals surface area contributed by atoms with Gasteiger partial charge >= 0.3 is 6.09 Å². The molecule has 4 amide bonds. The van der Waals surface area contributed by atoms with Crippen molar-refractivity contribution < 1.29 is 32.7 Å². The van der Waals surface area contributed by atoms with Crippen LogP contribution in [0.5, 0.6) is 0 Å². The second kappa shape index (κ2) is 9.09. The summed E-state index contributed by atoms with van der Waals surface area (Å²) in [5.41, 5.74) is 1.93. The fourth-order valence-electron chi connectivity index (χ4n) is 4.88. The first-order chi connectivity index (χ1) is 16.8. The van der Waals surface area contributed by atoms with Crippen molar-refractivity contribution in [3.8, 4) is 0 Å². The number of carbonyl (C=O) groups excluding carboxylic acids is 4. The Labute approximate surface area is 199 Å². The zero-order valence-electron chi connectivity index (χ0n) is 18.7. The van der Waals surface area contributed by atoms with Gasteiger partial charge in [-0.2, -0.15) is 0 Å². The Hall–Kier alpha value is -3.82. The maximum absolute atomic E-state index is 13.9. The molecular formula is C25H23F2N3O5. The Kier molecular flexibility index (Phi) is 5.96. The first-order valence-electron chi connectivity index (χ1n) is 11.4. The van der Waals surface area contributed by atoms with Gasteiger partial charge in [0.05, 0.1) is 0 Å². The van der Waals surface area contributed by atoms with Crippen LogP contribution in [0.15, 0.2) is 36.4 Å². The molecule has 1 aliphatic carbocycles. The number of hydrogen-bond acceptors (Lipinski definition) is 5. The molecule has 2 N–H and O–H groups in total. The second-order valence-electron chi connectivity index (χ2n) is 9.08. The van der Waals surface area contributed by atoms with E-state index in [1.54, 1.807) is 18.2 Å². The predicted octanol–water partition coefficient (Wildman–Crippen LogP) is 2.90. The average molecular weight is 483 g/mol. The van der Waals surface area contributed by atoms with Gasteiger partial charge in [-0.25, -0.2) is 13.6 Å². The molecule has 2 aliphatic heterocycles. The first kappa shape index (κ1) is 22.9. The third kappa shape index (κ3) is 4.48. The van der Waals surface area contributed by atoms with Gasteiger partial charge in [0.2, 0.25) is 11.8 Å². The van der Waals surface area contributed by atoms with E-state index < -0.39 is 35.8 Å². The van der Waals surface area contributed by atoms with Crippen LogP contribution in [0.3, 0.4) is 0 Å². The van der Waals surface area contributed by atoms with E-state index in [2.05, 4.69) is 10.6 Å². The molecule has 35 heavy (non-hydrogen) atoms. The lowest BCUT2D eigenvalue weighted by molar-refractivity contribution is -0.136. The molecule has 0 spiro atoms. The lowest BCUT2D eigenvalue weighted by atomic mass is 9.77. The summed E-state index contributed by atoms with van der Waals surface area (Å²) in [4.78, 5) is 50.1. The Morgan fingerprint density at radius 2 is 1.86 bits per heavy atom. The highest BCUT2D eigenvalue weighted by Gasteiger charge is 2.39. The van der Waals surface area contributed by atoms with Crippen LogP contribution in [-0.2, 0) is 27.4 Å². The number of rotatable bonds is 5. The van der Waals surface area contributed by atoms with Gasteiger partial charge in [-0.3, -0.25) is 19.7 Å². The largest absolute Gasteiger partial charge is 0.446 e. The monoisotopic (exact) mass is 483 g/mol. The quantitative estimate of drug-likeness (QED) is 0.637. The number of nitrogens with one attached hydrogen (secondary N) is 2. The van der Waals surface area contributed by atoms with E-state index in [1.165, 1.54) is 23.1 Å². The number of benzene rings is 2. The van der Waals surface area contributed by atoms with Crippen LogP contribution in [0.4, 0.5) is 13.6 Å². The van der Waals surface area contributed by atoms with Gasteiger partial charge in [0.15, 0.2) is 0 Å². The molecule has 182 valence electrons. The van der Waals surface area contributed by atoms with Crippen molar-refractivity contribution in [2.45, 2.75) is 56.8 Å². The van der Waals surface area contributed by atoms with Crippen LogP contribution in [-0.4, -0.2) is 40.9 Å². The Morgan fingerprint density at radius 3 is 2.57 bits per heavy atom. The van der Waals surface area contributed by atoms with E-state index in [4.69, 9.17) is 4.74 Å². The number of imide groups is 1. The molecular weight excluding hydrogens is 460 g/mol.